The molecule has 0 saturated carbocycles. The van der Waals surface area contributed by atoms with Gasteiger partial charge in [0, 0.05) is 36.1 Å². The number of nitrogens with zero attached hydrogens (tertiary/aromatic N) is 3. The molecule has 3 heterocycles. The van der Waals surface area contributed by atoms with Crippen molar-refractivity contribution < 1.29 is 19.5 Å². The van der Waals surface area contributed by atoms with E-state index in [2.05, 4.69) is 10.3 Å². The smallest absolute Gasteiger partial charge is 0.322 e. The minimum Gasteiger partial charge on any atom is -0.480 e. The highest BCUT2D eigenvalue weighted by molar-refractivity contribution is 8.05. The second-order valence-electron chi connectivity index (χ2n) is 8.66. The molecule has 0 spiro atoms. The van der Waals surface area contributed by atoms with Crippen LogP contribution in [0.2, 0.25) is 0 Å². The summed E-state index contributed by atoms with van der Waals surface area (Å²) in [6.45, 7) is 0.789. The van der Waals surface area contributed by atoms with Crippen LogP contribution in [-0.4, -0.2) is 65.8 Å². The number of amides is 2. The minimum atomic E-state index is -1.15. The van der Waals surface area contributed by atoms with Crippen molar-refractivity contribution in [2.24, 2.45) is 0 Å². The maximum atomic E-state index is 12.8. The molecule has 5 rings (SSSR count). The van der Waals surface area contributed by atoms with Crippen molar-refractivity contribution in [1.29, 1.82) is 0 Å². The molecule has 0 radical (unpaired) electrons. The minimum absolute atomic E-state index is 0.103. The predicted molar refractivity (Wildman–Crippen MR) is 134 cm³/mol. The molecule has 0 aliphatic carbocycles. The summed E-state index contributed by atoms with van der Waals surface area (Å²) < 4.78 is 0.811. The number of carboxylic acid groups (broad SMARTS) is 1. The van der Waals surface area contributed by atoms with Crippen molar-refractivity contribution in [3.8, 4) is 0 Å². The normalized spacial score (nSPS) is 23.3. The summed E-state index contributed by atoms with van der Waals surface area (Å²) in [7, 11) is 0. The van der Waals surface area contributed by atoms with Gasteiger partial charge in [0.15, 0.2) is 0 Å². The second-order valence-corrected chi connectivity index (χ2v) is 11.2. The molecule has 2 saturated heterocycles. The van der Waals surface area contributed by atoms with Crippen LogP contribution >= 0.6 is 23.5 Å². The van der Waals surface area contributed by atoms with Crippen molar-refractivity contribution in [3.05, 3.63) is 84.4 Å². The van der Waals surface area contributed by atoms with Gasteiger partial charge in [0.25, 0.3) is 0 Å². The highest BCUT2D eigenvalue weighted by Crippen LogP contribution is 2.46. The Morgan fingerprint density at radius 2 is 1.91 bits per heavy atom. The number of rotatable bonds is 8. The first kappa shape index (κ1) is 23.5. The topological polar surface area (TPSA) is 105 Å². The summed E-state index contributed by atoms with van der Waals surface area (Å²) in [5, 5.41) is 12.7. The Morgan fingerprint density at radius 3 is 2.60 bits per heavy atom. The lowest BCUT2D eigenvalue weighted by Gasteiger charge is -2.53. The Morgan fingerprint density at radius 1 is 1.14 bits per heavy atom. The number of benzene rings is 2. The van der Waals surface area contributed by atoms with Crippen LogP contribution in [0.25, 0.3) is 0 Å². The third-order valence-corrected chi connectivity index (χ3v) is 9.19. The molecule has 3 aromatic rings. The number of fused-ring (bicyclic) bond motifs is 1. The van der Waals surface area contributed by atoms with Gasteiger partial charge in [-0.15, -0.1) is 23.5 Å². The van der Waals surface area contributed by atoms with Gasteiger partial charge in [-0.2, -0.15) is 0 Å². The lowest BCUT2D eigenvalue weighted by atomic mass is 10.0. The number of thioether (sulfide) groups is 2. The Bertz CT molecular complexity index is 1220. The number of aromatic nitrogens is 2. The van der Waals surface area contributed by atoms with E-state index < -0.39 is 16.8 Å². The molecule has 2 aliphatic rings. The molecule has 10 heteroatoms. The van der Waals surface area contributed by atoms with Gasteiger partial charge in [0.2, 0.25) is 11.8 Å². The van der Waals surface area contributed by atoms with Crippen molar-refractivity contribution in [2.45, 2.75) is 34.0 Å². The number of hydrogen-bond acceptors (Lipinski definition) is 6. The fourth-order valence-electron chi connectivity index (χ4n) is 4.27. The van der Waals surface area contributed by atoms with E-state index in [0.29, 0.717) is 12.3 Å². The van der Waals surface area contributed by atoms with Gasteiger partial charge >= 0.3 is 5.97 Å². The molecule has 35 heavy (non-hydrogen) atoms. The number of carbonyl (C=O) groups is 3. The number of aliphatic carboxylic acids is 1. The van der Waals surface area contributed by atoms with Crippen molar-refractivity contribution in [2.75, 3.05) is 12.3 Å². The average Bonchev–Trinajstić information content (AvgIpc) is 3.37. The molecule has 8 nitrogen and oxygen atoms in total. The van der Waals surface area contributed by atoms with Gasteiger partial charge in [-0.1, -0.05) is 42.5 Å². The summed E-state index contributed by atoms with van der Waals surface area (Å²) in [6, 6.07) is 16.5. The van der Waals surface area contributed by atoms with Gasteiger partial charge in [-0.25, -0.2) is 4.98 Å². The van der Waals surface area contributed by atoms with Gasteiger partial charge in [0.1, 0.15) is 16.2 Å². The number of imidazole rings is 1. The quantitative estimate of drug-likeness (QED) is 0.451. The van der Waals surface area contributed by atoms with E-state index in [1.165, 1.54) is 23.5 Å². The zero-order chi connectivity index (χ0) is 24.4. The molecule has 1 aromatic heterocycles. The SMILES string of the molecule is O=C(Cc1ccccc1)N[C@@H]1C(=O)N2CC(Sc3ccc(Cn4ccnc4)cc3)(C(=O)O)CS[C@H]12. The zero-order valence-corrected chi connectivity index (χ0v) is 20.4. The molecule has 2 N–H and O–H groups in total. The van der Waals surface area contributed by atoms with Crippen LogP contribution in [0.4, 0.5) is 0 Å². The lowest BCUT2D eigenvalue weighted by molar-refractivity contribution is -0.152. The van der Waals surface area contributed by atoms with E-state index in [-0.39, 0.29) is 30.2 Å². The highest BCUT2D eigenvalue weighted by Gasteiger charge is 2.57. The lowest BCUT2D eigenvalue weighted by Crippen LogP contribution is -2.74. The average molecular weight is 509 g/mol. The summed E-state index contributed by atoms with van der Waals surface area (Å²) in [4.78, 5) is 44.1. The number of nitrogens with one attached hydrogen (secondary N) is 1. The Kier molecular flexibility index (Phi) is 6.57. The Balaban J connectivity index is 1.21. The molecule has 0 bridgehead atoms. The largest absolute Gasteiger partial charge is 0.480 e. The van der Waals surface area contributed by atoms with Crippen molar-refractivity contribution in [3.63, 3.8) is 0 Å². The van der Waals surface area contributed by atoms with Gasteiger partial charge in [-0.3, -0.25) is 14.4 Å². The Hall–Kier alpha value is -3.24. The Labute approximate surface area is 211 Å². The van der Waals surface area contributed by atoms with Crippen LogP contribution in [-0.2, 0) is 27.3 Å². The first-order valence-electron chi connectivity index (χ1n) is 11.2. The highest BCUT2D eigenvalue weighted by atomic mass is 32.2. The molecule has 2 amide bonds. The molecule has 2 aliphatic heterocycles. The van der Waals surface area contributed by atoms with Crippen molar-refractivity contribution >= 4 is 41.3 Å². The first-order chi connectivity index (χ1) is 16.9. The van der Waals surface area contributed by atoms with E-state index in [9.17, 15) is 19.5 Å². The molecule has 3 atom stereocenters. The monoisotopic (exact) mass is 508 g/mol. The molecular formula is C25H24N4O4S2. The van der Waals surface area contributed by atoms with Gasteiger partial charge in [-0.05, 0) is 23.3 Å². The molecule has 1 unspecified atom stereocenters. The van der Waals surface area contributed by atoms with Gasteiger partial charge in [0.05, 0.1) is 12.7 Å². The van der Waals surface area contributed by atoms with E-state index in [4.69, 9.17) is 0 Å². The van der Waals surface area contributed by atoms with Crippen LogP contribution in [0, 0.1) is 0 Å². The van der Waals surface area contributed by atoms with Crippen LogP contribution < -0.4 is 5.32 Å². The van der Waals surface area contributed by atoms with E-state index in [1.54, 1.807) is 17.4 Å². The van der Waals surface area contributed by atoms with E-state index in [1.807, 2.05) is 65.4 Å². The number of hydrogen-bond donors (Lipinski definition) is 2. The van der Waals surface area contributed by atoms with E-state index in [0.717, 1.165) is 16.0 Å². The molecular weight excluding hydrogens is 484 g/mol. The van der Waals surface area contributed by atoms with Crippen LogP contribution in [0.1, 0.15) is 11.1 Å². The fraction of sp³-hybridized carbons (Fsp3) is 0.280. The number of β-lactam (4-membered cyclic amide) rings is 1. The second kappa shape index (κ2) is 9.79. The van der Waals surface area contributed by atoms with E-state index >= 15 is 0 Å². The predicted octanol–water partition coefficient (Wildman–Crippen LogP) is 2.49. The van der Waals surface area contributed by atoms with Crippen LogP contribution in [0.3, 0.4) is 0 Å². The maximum Gasteiger partial charge on any atom is 0.322 e. The first-order valence-corrected chi connectivity index (χ1v) is 13.0. The summed E-state index contributed by atoms with van der Waals surface area (Å²) in [6.07, 6.45) is 5.57. The summed E-state index contributed by atoms with van der Waals surface area (Å²) in [5.41, 5.74) is 1.96. The number of carbonyl (C=O) groups excluding carboxylic acids is 2. The number of carboxylic acids is 1. The molecule has 2 fully saturated rings. The maximum absolute atomic E-state index is 12.8. The standard InChI is InChI=1S/C25H24N4O4S2/c30-20(12-17-4-2-1-3-5-17)27-21-22(31)29-14-25(24(32)33,15-34-23(21)29)35-19-8-6-18(7-9-19)13-28-11-10-26-16-28/h1-11,16,21,23H,12-15H2,(H,27,30)(H,32,33)/t21-,23-,25?/m1/s1. The molecule has 180 valence electrons. The molecule has 2 aromatic carbocycles. The zero-order valence-electron chi connectivity index (χ0n) is 18.7. The fourth-order valence-corrected chi connectivity index (χ4v) is 7.12. The van der Waals surface area contributed by atoms with Crippen molar-refractivity contribution in [1.82, 2.24) is 19.8 Å². The van der Waals surface area contributed by atoms with Crippen LogP contribution in [0.5, 0.6) is 0 Å². The third-order valence-electron chi connectivity index (χ3n) is 6.13. The summed E-state index contributed by atoms with van der Waals surface area (Å²) >= 11 is 2.69. The summed E-state index contributed by atoms with van der Waals surface area (Å²) in [5.74, 6) is -1.05. The van der Waals surface area contributed by atoms with Crippen LogP contribution in [0.15, 0.2) is 78.2 Å². The third kappa shape index (κ3) is 4.94. The van der Waals surface area contributed by atoms with Gasteiger partial charge < -0.3 is 19.9 Å².